The van der Waals surface area contributed by atoms with Crippen LogP contribution in [-0.4, -0.2) is 59.0 Å². The number of aromatic amines is 1. The number of hydrogen-bond donors (Lipinski definition) is 1. The molecule has 144 valence electrons. The molecule has 2 aromatic rings. The van der Waals surface area contributed by atoms with E-state index in [0.29, 0.717) is 11.8 Å². The van der Waals surface area contributed by atoms with Crippen LogP contribution in [0, 0.1) is 5.92 Å². The van der Waals surface area contributed by atoms with Gasteiger partial charge in [0, 0.05) is 38.1 Å². The highest BCUT2D eigenvalue weighted by molar-refractivity contribution is 6.04. The highest BCUT2D eigenvalue weighted by Gasteiger charge is 2.42. The van der Waals surface area contributed by atoms with Crippen LogP contribution >= 0.6 is 0 Å². The smallest absolute Gasteiger partial charge is 0.274 e. The number of benzene rings is 1. The number of aromatic nitrogens is 2. The highest BCUT2D eigenvalue weighted by Crippen LogP contribution is 2.37. The average Bonchev–Trinajstić information content (AvgIpc) is 3.44. The fourth-order valence-electron chi connectivity index (χ4n) is 4.42. The second kappa shape index (κ2) is 6.91. The van der Waals surface area contributed by atoms with E-state index >= 15 is 0 Å². The maximum absolute atomic E-state index is 13.0. The molecule has 27 heavy (non-hydrogen) atoms. The van der Waals surface area contributed by atoms with E-state index in [-0.39, 0.29) is 11.5 Å². The lowest BCUT2D eigenvalue weighted by molar-refractivity contribution is -0.153. The number of ether oxygens (including phenoxy) is 2. The summed E-state index contributed by atoms with van der Waals surface area (Å²) in [7, 11) is 0. The van der Waals surface area contributed by atoms with Crippen molar-refractivity contribution in [1.29, 1.82) is 0 Å². The SMILES string of the molecule is O=C(c1n[nH]c2ccccc12)N1CCC2(CC1)CC(OCC1CC1)CCO2. The zero-order chi connectivity index (χ0) is 18.3. The first-order valence-corrected chi connectivity index (χ1v) is 10.2. The standard InChI is InChI=1S/C21H27N3O3/c25-20(19-17-3-1-2-4-18(17)22-23-19)24-10-8-21(9-11-24)13-16(7-12-27-21)26-14-15-5-6-15/h1-4,15-16H,5-14H2,(H,22,23). The largest absolute Gasteiger partial charge is 0.378 e. The molecule has 1 atom stereocenters. The van der Waals surface area contributed by atoms with Crippen LogP contribution < -0.4 is 0 Å². The number of fused-ring (bicyclic) bond motifs is 1. The van der Waals surface area contributed by atoms with Gasteiger partial charge in [0.1, 0.15) is 0 Å². The van der Waals surface area contributed by atoms with Crippen molar-refractivity contribution in [2.24, 2.45) is 5.92 Å². The summed E-state index contributed by atoms with van der Waals surface area (Å²) in [5.41, 5.74) is 1.31. The lowest BCUT2D eigenvalue weighted by Crippen LogP contribution is -2.52. The number of rotatable bonds is 4. The van der Waals surface area contributed by atoms with Crippen molar-refractivity contribution in [2.75, 3.05) is 26.3 Å². The Balaban J connectivity index is 1.22. The van der Waals surface area contributed by atoms with E-state index in [1.807, 2.05) is 29.2 Å². The fraction of sp³-hybridized carbons (Fsp3) is 0.619. The Labute approximate surface area is 159 Å². The van der Waals surface area contributed by atoms with Gasteiger partial charge in [-0.25, -0.2) is 0 Å². The zero-order valence-corrected chi connectivity index (χ0v) is 15.7. The number of carbonyl (C=O) groups is 1. The number of hydrogen-bond acceptors (Lipinski definition) is 4. The van der Waals surface area contributed by atoms with Gasteiger partial charge in [-0.3, -0.25) is 9.89 Å². The molecule has 2 aliphatic heterocycles. The Morgan fingerprint density at radius 1 is 1.26 bits per heavy atom. The molecule has 2 saturated heterocycles. The van der Waals surface area contributed by atoms with Gasteiger partial charge in [0.05, 0.1) is 17.2 Å². The summed E-state index contributed by atoms with van der Waals surface area (Å²) in [5, 5.41) is 8.12. The van der Waals surface area contributed by atoms with Crippen LogP contribution in [-0.2, 0) is 9.47 Å². The number of nitrogens with one attached hydrogen (secondary N) is 1. The molecule has 3 heterocycles. The Bertz CT molecular complexity index is 821. The van der Waals surface area contributed by atoms with E-state index in [9.17, 15) is 4.79 Å². The van der Waals surface area contributed by atoms with Crippen molar-refractivity contribution in [1.82, 2.24) is 15.1 Å². The Hall–Kier alpha value is -1.92. The van der Waals surface area contributed by atoms with E-state index in [0.717, 1.165) is 68.8 Å². The van der Waals surface area contributed by atoms with E-state index < -0.39 is 0 Å². The molecule has 1 aromatic carbocycles. The molecule has 3 aliphatic rings. The molecule has 1 aromatic heterocycles. The predicted molar refractivity (Wildman–Crippen MR) is 102 cm³/mol. The summed E-state index contributed by atoms with van der Waals surface area (Å²) >= 11 is 0. The molecule has 1 saturated carbocycles. The van der Waals surface area contributed by atoms with Crippen LogP contribution in [0.2, 0.25) is 0 Å². The monoisotopic (exact) mass is 369 g/mol. The summed E-state index contributed by atoms with van der Waals surface area (Å²) in [6, 6.07) is 7.78. The molecule has 1 N–H and O–H groups in total. The van der Waals surface area contributed by atoms with Gasteiger partial charge >= 0.3 is 0 Å². The van der Waals surface area contributed by atoms with Gasteiger partial charge in [-0.15, -0.1) is 0 Å². The predicted octanol–water partition coefficient (Wildman–Crippen LogP) is 3.14. The first-order chi connectivity index (χ1) is 13.2. The molecule has 5 rings (SSSR count). The quantitative estimate of drug-likeness (QED) is 0.899. The van der Waals surface area contributed by atoms with Crippen molar-refractivity contribution < 1.29 is 14.3 Å². The minimum atomic E-state index is -0.114. The third kappa shape index (κ3) is 3.48. The highest BCUT2D eigenvalue weighted by atomic mass is 16.5. The molecule has 1 aliphatic carbocycles. The third-order valence-corrected chi connectivity index (χ3v) is 6.35. The third-order valence-electron chi connectivity index (χ3n) is 6.35. The summed E-state index contributed by atoms with van der Waals surface area (Å²) in [4.78, 5) is 14.9. The molecule has 1 amide bonds. The van der Waals surface area contributed by atoms with Crippen LogP contribution in [0.5, 0.6) is 0 Å². The second-order valence-corrected chi connectivity index (χ2v) is 8.33. The van der Waals surface area contributed by atoms with Crippen molar-refractivity contribution in [2.45, 2.75) is 50.2 Å². The molecular weight excluding hydrogens is 342 g/mol. The maximum Gasteiger partial charge on any atom is 0.274 e. The van der Waals surface area contributed by atoms with Gasteiger partial charge in [0.25, 0.3) is 5.91 Å². The molecule has 6 nitrogen and oxygen atoms in total. The number of amides is 1. The number of para-hydroxylation sites is 1. The Morgan fingerprint density at radius 2 is 2.07 bits per heavy atom. The molecule has 1 unspecified atom stereocenters. The van der Waals surface area contributed by atoms with Gasteiger partial charge in [-0.2, -0.15) is 5.10 Å². The van der Waals surface area contributed by atoms with Crippen LogP contribution in [0.3, 0.4) is 0 Å². The summed E-state index contributed by atoms with van der Waals surface area (Å²) < 4.78 is 12.3. The number of likely N-dealkylation sites (tertiary alicyclic amines) is 1. The topological polar surface area (TPSA) is 67.5 Å². The number of piperidine rings is 1. The van der Waals surface area contributed by atoms with Crippen LogP contribution in [0.4, 0.5) is 0 Å². The van der Waals surface area contributed by atoms with E-state index in [1.54, 1.807) is 0 Å². The Kier molecular flexibility index (Phi) is 4.40. The normalized spacial score (nSPS) is 25.2. The van der Waals surface area contributed by atoms with E-state index in [2.05, 4.69) is 10.2 Å². The van der Waals surface area contributed by atoms with Gasteiger partial charge in [-0.1, -0.05) is 18.2 Å². The summed E-state index contributed by atoms with van der Waals surface area (Å²) in [6.45, 7) is 3.12. The van der Waals surface area contributed by atoms with E-state index in [4.69, 9.17) is 9.47 Å². The molecule has 6 heteroatoms. The minimum Gasteiger partial charge on any atom is -0.378 e. The van der Waals surface area contributed by atoms with Crippen LogP contribution in [0.1, 0.15) is 49.0 Å². The van der Waals surface area contributed by atoms with Gasteiger partial charge < -0.3 is 14.4 Å². The summed E-state index contributed by atoms with van der Waals surface area (Å²) in [5.74, 6) is 0.812. The Morgan fingerprint density at radius 3 is 2.89 bits per heavy atom. The van der Waals surface area contributed by atoms with Gasteiger partial charge in [0.2, 0.25) is 0 Å². The van der Waals surface area contributed by atoms with Crippen molar-refractivity contribution in [3.63, 3.8) is 0 Å². The van der Waals surface area contributed by atoms with Crippen LogP contribution in [0.15, 0.2) is 24.3 Å². The maximum atomic E-state index is 13.0. The molecule has 0 bridgehead atoms. The zero-order valence-electron chi connectivity index (χ0n) is 15.7. The molecule has 0 radical (unpaired) electrons. The summed E-state index contributed by atoms with van der Waals surface area (Å²) in [6.07, 6.45) is 6.69. The van der Waals surface area contributed by atoms with Gasteiger partial charge in [-0.05, 0) is 44.1 Å². The van der Waals surface area contributed by atoms with Crippen molar-refractivity contribution >= 4 is 16.8 Å². The fourth-order valence-corrected chi connectivity index (χ4v) is 4.42. The van der Waals surface area contributed by atoms with Gasteiger partial charge in [0.15, 0.2) is 5.69 Å². The van der Waals surface area contributed by atoms with E-state index in [1.165, 1.54) is 12.8 Å². The molecular formula is C21H27N3O3. The van der Waals surface area contributed by atoms with Crippen molar-refractivity contribution in [3.05, 3.63) is 30.0 Å². The average molecular weight is 369 g/mol. The molecule has 3 fully saturated rings. The van der Waals surface area contributed by atoms with Crippen molar-refractivity contribution in [3.8, 4) is 0 Å². The first-order valence-electron chi connectivity index (χ1n) is 10.2. The molecule has 1 spiro atoms. The second-order valence-electron chi connectivity index (χ2n) is 8.33. The number of carbonyl (C=O) groups excluding carboxylic acids is 1. The minimum absolute atomic E-state index is 0.0136. The number of nitrogens with zero attached hydrogens (tertiary/aromatic N) is 2. The lowest BCUT2D eigenvalue weighted by Gasteiger charge is -2.46. The lowest BCUT2D eigenvalue weighted by atomic mass is 9.83. The van der Waals surface area contributed by atoms with Crippen LogP contribution in [0.25, 0.3) is 10.9 Å². The first kappa shape index (κ1) is 17.2. The number of H-pyrrole nitrogens is 1.